The standard InChI is InChI=1S/C17H14ClFN2O2S/c1-23-9-8-21-15-13(19)6-3-7-14(15)24-17(21)20-16(22)11-4-2-5-12(18)10-11/h2-7,10H,8-9H2,1H3. The van der Waals surface area contributed by atoms with E-state index in [0.717, 1.165) is 4.70 Å². The zero-order chi connectivity index (χ0) is 17.1. The van der Waals surface area contributed by atoms with Crippen LogP contribution in [-0.2, 0) is 11.3 Å². The molecule has 0 bridgehead atoms. The molecule has 0 aliphatic carbocycles. The lowest BCUT2D eigenvalue weighted by molar-refractivity contribution is 0.0997. The van der Waals surface area contributed by atoms with Crippen LogP contribution >= 0.6 is 22.9 Å². The van der Waals surface area contributed by atoms with Gasteiger partial charge in [-0.3, -0.25) is 4.79 Å². The molecule has 3 rings (SSSR count). The summed E-state index contributed by atoms with van der Waals surface area (Å²) in [5.74, 6) is -0.771. The second-order valence-electron chi connectivity index (χ2n) is 5.04. The quantitative estimate of drug-likeness (QED) is 0.705. The highest BCUT2D eigenvalue weighted by Crippen LogP contribution is 2.20. The Hall–Kier alpha value is -2.02. The van der Waals surface area contributed by atoms with Crippen molar-refractivity contribution in [1.82, 2.24) is 4.57 Å². The Balaban J connectivity index is 2.14. The van der Waals surface area contributed by atoms with Gasteiger partial charge in [0.05, 0.1) is 16.8 Å². The molecule has 124 valence electrons. The predicted molar refractivity (Wildman–Crippen MR) is 93.0 cm³/mol. The van der Waals surface area contributed by atoms with Crippen LogP contribution in [0.3, 0.4) is 0 Å². The van der Waals surface area contributed by atoms with Crippen molar-refractivity contribution >= 4 is 39.1 Å². The SMILES string of the molecule is COCCn1c(=NC(=O)c2cccc(Cl)c2)sc2cccc(F)c21. The van der Waals surface area contributed by atoms with Crippen molar-refractivity contribution < 1.29 is 13.9 Å². The first kappa shape index (κ1) is 16.8. The molecule has 0 saturated heterocycles. The number of benzene rings is 2. The summed E-state index contributed by atoms with van der Waals surface area (Å²) < 4.78 is 21.7. The highest BCUT2D eigenvalue weighted by Gasteiger charge is 2.12. The number of aromatic nitrogens is 1. The van der Waals surface area contributed by atoms with Gasteiger partial charge in [0.15, 0.2) is 4.80 Å². The molecule has 1 heterocycles. The summed E-state index contributed by atoms with van der Waals surface area (Å²) in [4.78, 5) is 17.0. The van der Waals surface area contributed by atoms with Gasteiger partial charge in [-0.05, 0) is 30.3 Å². The maximum atomic E-state index is 14.2. The normalized spacial score (nSPS) is 12.0. The maximum absolute atomic E-state index is 14.2. The number of carbonyl (C=O) groups excluding carboxylic acids is 1. The van der Waals surface area contributed by atoms with Crippen molar-refractivity contribution in [3.63, 3.8) is 0 Å². The van der Waals surface area contributed by atoms with E-state index in [2.05, 4.69) is 4.99 Å². The third-order valence-electron chi connectivity index (χ3n) is 3.44. The smallest absolute Gasteiger partial charge is 0.279 e. The fraction of sp³-hybridized carbons (Fsp3) is 0.176. The van der Waals surface area contributed by atoms with Gasteiger partial charge in [-0.25, -0.2) is 4.39 Å². The van der Waals surface area contributed by atoms with Crippen LogP contribution in [0.2, 0.25) is 5.02 Å². The van der Waals surface area contributed by atoms with Gasteiger partial charge in [0.2, 0.25) is 0 Å². The van der Waals surface area contributed by atoms with Crippen molar-refractivity contribution in [2.75, 3.05) is 13.7 Å². The lowest BCUT2D eigenvalue weighted by Gasteiger charge is -2.04. The van der Waals surface area contributed by atoms with E-state index >= 15 is 0 Å². The van der Waals surface area contributed by atoms with Crippen LogP contribution < -0.4 is 4.80 Å². The lowest BCUT2D eigenvalue weighted by Crippen LogP contribution is -2.19. The Labute approximate surface area is 146 Å². The predicted octanol–water partition coefficient (Wildman–Crippen LogP) is 3.88. The second-order valence-corrected chi connectivity index (χ2v) is 6.49. The van der Waals surface area contributed by atoms with E-state index in [9.17, 15) is 9.18 Å². The summed E-state index contributed by atoms with van der Waals surface area (Å²) in [5.41, 5.74) is 0.816. The molecule has 1 amide bonds. The number of methoxy groups -OCH3 is 1. The van der Waals surface area contributed by atoms with Gasteiger partial charge < -0.3 is 9.30 Å². The van der Waals surface area contributed by atoms with Crippen LogP contribution in [0.1, 0.15) is 10.4 Å². The van der Waals surface area contributed by atoms with Crippen molar-refractivity contribution in [2.45, 2.75) is 6.54 Å². The number of halogens is 2. The molecule has 2 aromatic carbocycles. The molecule has 24 heavy (non-hydrogen) atoms. The van der Waals surface area contributed by atoms with E-state index in [1.54, 1.807) is 48.1 Å². The fourth-order valence-corrected chi connectivity index (χ4v) is 3.59. The molecule has 0 unspecified atom stereocenters. The van der Waals surface area contributed by atoms with E-state index in [1.165, 1.54) is 17.4 Å². The molecule has 0 spiro atoms. The number of ether oxygens (including phenoxy) is 1. The second kappa shape index (κ2) is 7.25. The number of amides is 1. The number of carbonyl (C=O) groups is 1. The highest BCUT2D eigenvalue weighted by atomic mass is 35.5. The number of para-hydroxylation sites is 1. The van der Waals surface area contributed by atoms with E-state index < -0.39 is 5.91 Å². The molecule has 7 heteroatoms. The molecule has 0 saturated carbocycles. The zero-order valence-corrected chi connectivity index (χ0v) is 14.4. The molecular weight excluding hydrogens is 351 g/mol. The Morgan fingerprint density at radius 3 is 2.88 bits per heavy atom. The summed E-state index contributed by atoms with van der Waals surface area (Å²) in [5, 5.41) is 0.464. The molecule has 0 atom stereocenters. The molecule has 0 N–H and O–H groups in total. The Bertz CT molecular complexity index is 965. The van der Waals surface area contributed by atoms with Crippen LogP contribution in [0.25, 0.3) is 10.2 Å². The third kappa shape index (κ3) is 3.40. The molecule has 0 aliphatic heterocycles. The van der Waals surface area contributed by atoms with Crippen molar-refractivity contribution in [3.8, 4) is 0 Å². The number of rotatable bonds is 4. The van der Waals surface area contributed by atoms with Gasteiger partial charge in [0, 0.05) is 24.2 Å². The van der Waals surface area contributed by atoms with E-state index in [0.29, 0.717) is 34.1 Å². The molecule has 1 aromatic heterocycles. The number of hydrogen-bond acceptors (Lipinski definition) is 3. The largest absolute Gasteiger partial charge is 0.383 e. The van der Waals surface area contributed by atoms with Gasteiger partial charge in [0.25, 0.3) is 5.91 Å². The first-order valence-corrected chi connectivity index (χ1v) is 8.41. The van der Waals surface area contributed by atoms with Gasteiger partial charge in [-0.15, -0.1) is 0 Å². The summed E-state index contributed by atoms with van der Waals surface area (Å²) in [7, 11) is 1.57. The molecular formula is C17H14ClFN2O2S. The van der Waals surface area contributed by atoms with Crippen LogP contribution in [0.5, 0.6) is 0 Å². The lowest BCUT2D eigenvalue weighted by atomic mass is 10.2. The minimum absolute atomic E-state index is 0.350. The van der Waals surface area contributed by atoms with E-state index in [4.69, 9.17) is 16.3 Å². The number of nitrogens with zero attached hydrogens (tertiary/aromatic N) is 2. The molecule has 4 nitrogen and oxygen atoms in total. The monoisotopic (exact) mass is 364 g/mol. The maximum Gasteiger partial charge on any atom is 0.279 e. The summed E-state index contributed by atoms with van der Waals surface area (Å²) >= 11 is 7.18. The van der Waals surface area contributed by atoms with Gasteiger partial charge in [-0.2, -0.15) is 4.99 Å². The van der Waals surface area contributed by atoms with Crippen molar-refractivity contribution in [2.24, 2.45) is 4.99 Å². The van der Waals surface area contributed by atoms with Gasteiger partial charge in [0.1, 0.15) is 5.82 Å². The number of thiazole rings is 1. The van der Waals surface area contributed by atoms with Crippen LogP contribution in [0.4, 0.5) is 4.39 Å². The number of hydrogen-bond donors (Lipinski definition) is 0. The van der Waals surface area contributed by atoms with Gasteiger partial charge in [-0.1, -0.05) is 35.1 Å². The Morgan fingerprint density at radius 1 is 1.33 bits per heavy atom. The molecule has 0 radical (unpaired) electrons. The van der Waals surface area contributed by atoms with E-state index in [-0.39, 0.29) is 5.82 Å². The fourth-order valence-electron chi connectivity index (χ4n) is 2.34. The molecule has 3 aromatic rings. The van der Waals surface area contributed by atoms with Crippen LogP contribution in [0, 0.1) is 5.82 Å². The molecule has 0 fully saturated rings. The zero-order valence-electron chi connectivity index (χ0n) is 12.8. The van der Waals surface area contributed by atoms with E-state index in [1.807, 2.05) is 0 Å². The van der Waals surface area contributed by atoms with Crippen molar-refractivity contribution in [3.05, 3.63) is 63.7 Å². The summed E-state index contributed by atoms with van der Waals surface area (Å²) in [6, 6.07) is 11.4. The minimum atomic E-state index is -0.421. The topological polar surface area (TPSA) is 43.6 Å². The first-order valence-electron chi connectivity index (χ1n) is 7.21. The third-order valence-corrected chi connectivity index (χ3v) is 4.72. The summed E-state index contributed by atoms with van der Waals surface area (Å²) in [6.07, 6.45) is 0. The first-order chi connectivity index (χ1) is 11.6. The van der Waals surface area contributed by atoms with Crippen LogP contribution in [-0.4, -0.2) is 24.2 Å². The Kier molecular flexibility index (Phi) is 5.08. The number of fused-ring (bicyclic) bond motifs is 1. The van der Waals surface area contributed by atoms with Crippen LogP contribution in [0.15, 0.2) is 47.5 Å². The average Bonchev–Trinajstić information content (AvgIpc) is 2.91. The average molecular weight is 365 g/mol. The van der Waals surface area contributed by atoms with Gasteiger partial charge >= 0.3 is 0 Å². The highest BCUT2D eigenvalue weighted by molar-refractivity contribution is 7.16. The van der Waals surface area contributed by atoms with Crippen molar-refractivity contribution in [1.29, 1.82) is 0 Å². The Morgan fingerprint density at radius 2 is 2.12 bits per heavy atom. The minimum Gasteiger partial charge on any atom is -0.383 e. The molecule has 0 aliphatic rings. The summed E-state index contributed by atoms with van der Waals surface area (Å²) in [6.45, 7) is 0.789.